The molecule has 3 rings (SSSR count). The molecule has 134 valence electrons. The summed E-state index contributed by atoms with van der Waals surface area (Å²) in [4.78, 5) is 14.4. The third kappa shape index (κ3) is 5.65. The van der Waals surface area contributed by atoms with Gasteiger partial charge in [-0.15, -0.1) is 0 Å². The van der Waals surface area contributed by atoms with Crippen LogP contribution in [0.25, 0.3) is 0 Å². The Morgan fingerprint density at radius 2 is 1.54 bits per heavy atom. The van der Waals surface area contributed by atoms with Gasteiger partial charge in [0.05, 0.1) is 4.92 Å². The largest absolute Gasteiger partial charge is 0.378 e. The monoisotopic (exact) mass is 414 g/mol. The molecule has 1 heterocycles. The van der Waals surface area contributed by atoms with E-state index < -0.39 is 4.92 Å². The van der Waals surface area contributed by atoms with Gasteiger partial charge in [-0.05, 0) is 33.1 Å². The molecule has 0 saturated carbocycles. The van der Waals surface area contributed by atoms with Crippen LogP contribution >= 0.6 is 15.9 Å². The van der Waals surface area contributed by atoms with Crippen molar-refractivity contribution in [1.82, 2.24) is 4.98 Å². The molecule has 0 unspecified atom stereocenters. The van der Waals surface area contributed by atoms with Crippen molar-refractivity contribution >= 4 is 27.4 Å². The molecule has 6 nitrogen and oxygen atoms in total. The van der Waals surface area contributed by atoms with Gasteiger partial charge in [0.25, 0.3) is 0 Å². The smallest absolute Gasteiger partial charge is 0.314 e. The van der Waals surface area contributed by atoms with Gasteiger partial charge in [-0.2, -0.15) is 0 Å². The van der Waals surface area contributed by atoms with Crippen LogP contribution in [0.1, 0.15) is 16.7 Å². The Bertz CT molecular complexity index is 858. The second-order valence-electron chi connectivity index (χ2n) is 5.45. The van der Waals surface area contributed by atoms with E-state index in [1.165, 1.54) is 5.56 Å². The Morgan fingerprint density at radius 3 is 2.00 bits per heavy atom. The Kier molecular flexibility index (Phi) is 7.25. The topological polar surface area (TPSA) is 108 Å². The predicted molar refractivity (Wildman–Crippen MR) is 107 cm³/mol. The molecular formula is C19H19BrN4O2. The summed E-state index contributed by atoms with van der Waals surface area (Å²) in [5.41, 5.74) is 13.5. The minimum atomic E-state index is -0.493. The molecule has 7 heteroatoms. The van der Waals surface area contributed by atoms with Crippen molar-refractivity contribution in [3.05, 3.63) is 98.1 Å². The predicted octanol–water partition coefficient (Wildman–Crippen LogP) is 4.07. The lowest BCUT2D eigenvalue weighted by molar-refractivity contribution is -0.384. The second-order valence-corrected chi connectivity index (χ2v) is 6.26. The molecule has 1 aromatic heterocycles. The van der Waals surface area contributed by atoms with Crippen molar-refractivity contribution in [2.75, 3.05) is 5.73 Å². The Labute approximate surface area is 160 Å². The summed E-state index contributed by atoms with van der Waals surface area (Å²) in [6.07, 6.45) is 0.447. The molecule has 0 aliphatic rings. The maximum absolute atomic E-state index is 11.0. The van der Waals surface area contributed by atoms with Crippen molar-refractivity contribution < 1.29 is 4.92 Å². The van der Waals surface area contributed by atoms with Crippen molar-refractivity contribution in [2.24, 2.45) is 5.73 Å². The first-order valence-corrected chi connectivity index (χ1v) is 8.67. The Morgan fingerprint density at radius 1 is 1.00 bits per heavy atom. The third-order valence-corrected chi connectivity index (χ3v) is 3.97. The number of hydrogen-bond donors (Lipinski definition) is 2. The van der Waals surface area contributed by atoms with Crippen LogP contribution in [0.15, 0.2) is 71.3 Å². The average Bonchev–Trinajstić information content (AvgIpc) is 2.63. The summed E-state index contributed by atoms with van der Waals surface area (Å²) >= 11 is 3.20. The molecule has 0 spiro atoms. The summed E-state index contributed by atoms with van der Waals surface area (Å²) in [7, 11) is 0. The number of nitrogens with two attached hydrogens (primary N) is 2. The molecule has 0 saturated heterocycles. The minimum Gasteiger partial charge on any atom is -0.378 e. The maximum atomic E-state index is 11.0. The van der Waals surface area contributed by atoms with Crippen LogP contribution in [0.5, 0.6) is 0 Å². The molecule has 0 aliphatic heterocycles. The minimum absolute atomic E-state index is 0.0692. The number of hydrogen-bond acceptors (Lipinski definition) is 5. The van der Waals surface area contributed by atoms with E-state index >= 15 is 0 Å². The Hall–Kier alpha value is -2.77. The van der Waals surface area contributed by atoms with Crippen LogP contribution in [-0.2, 0) is 13.0 Å². The molecule has 0 aliphatic carbocycles. The fourth-order valence-corrected chi connectivity index (χ4v) is 2.82. The molecule has 0 radical (unpaired) electrons. The van der Waals surface area contributed by atoms with E-state index in [4.69, 9.17) is 11.5 Å². The van der Waals surface area contributed by atoms with E-state index in [9.17, 15) is 10.1 Å². The first-order valence-electron chi connectivity index (χ1n) is 7.88. The SMILES string of the molecule is NCc1ccccc1.Nc1nc(Br)cc(Cc2ccccc2)c1[N+](=O)[O-]. The molecule has 3 aromatic rings. The van der Waals surface area contributed by atoms with Crippen LogP contribution in [0.3, 0.4) is 0 Å². The van der Waals surface area contributed by atoms with Gasteiger partial charge >= 0.3 is 5.69 Å². The van der Waals surface area contributed by atoms with Gasteiger partial charge in [0.2, 0.25) is 5.82 Å². The number of nitrogen functional groups attached to an aromatic ring is 1. The van der Waals surface area contributed by atoms with Crippen LogP contribution in [0, 0.1) is 10.1 Å². The highest BCUT2D eigenvalue weighted by molar-refractivity contribution is 9.10. The number of anilines is 1. The summed E-state index contributed by atoms with van der Waals surface area (Å²) in [6.45, 7) is 0.640. The van der Waals surface area contributed by atoms with E-state index in [2.05, 4.69) is 20.9 Å². The number of rotatable bonds is 4. The lowest BCUT2D eigenvalue weighted by Gasteiger charge is -2.05. The molecule has 0 bridgehead atoms. The maximum Gasteiger partial charge on any atom is 0.314 e. The molecule has 0 atom stereocenters. The van der Waals surface area contributed by atoms with Crippen molar-refractivity contribution in [3.63, 3.8) is 0 Å². The zero-order chi connectivity index (χ0) is 18.9. The highest BCUT2D eigenvalue weighted by Crippen LogP contribution is 2.29. The zero-order valence-corrected chi connectivity index (χ0v) is 15.6. The van der Waals surface area contributed by atoms with Gasteiger partial charge < -0.3 is 11.5 Å². The molecule has 2 aromatic carbocycles. The fourth-order valence-electron chi connectivity index (χ4n) is 2.35. The van der Waals surface area contributed by atoms with Gasteiger partial charge in [-0.25, -0.2) is 4.98 Å². The summed E-state index contributed by atoms with van der Waals surface area (Å²) < 4.78 is 0.497. The number of nitrogens with zero attached hydrogens (tertiary/aromatic N) is 2. The van der Waals surface area contributed by atoms with Crippen molar-refractivity contribution in [3.8, 4) is 0 Å². The van der Waals surface area contributed by atoms with E-state index in [1.54, 1.807) is 6.07 Å². The number of benzene rings is 2. The normalized spacial score (nSPS) is 9.92. The second kappa shape index (κ2) is 9.65. The number of aromatic nitrogens is 1. The van der Waals surface area contributed by atoms with Gasteiger partial charge in [-0.1, -0.05) is 60.7 Å². The number of nitro groups is 1. The summed E-state index contributed by atoms with van der Waals surface area (Å²) in [6, 6.07) is 21.1. The van der Waals surface area contributed by atoms with Gasteiger partial charge in [0.15, 0.2) is 0 Å². The lowest BCUT2D eigenvalue weighted by atomic mass is 10.0. The highest BCUT2D eigenvalue weighted by atomic mass is 79.9. The fraction of sp³-hybridized carbons (Fsp3) is 0.105. The quantitative estimate of drug-likeness (QED) is 0.379. The zero-order valence-electron chi connectivity index (χ0n) is 14.0. The first-order chi connectivity index (χ1) is 12.5. The van der Waals surface area contributed by atoms with Gasteiger partial charge in [0, 0.05) is 18.5 Å². The first kappa shape index (κ1) is 19.6. The summed E-state index contributed by atoms with van der Waals surface area (Å²) in [5.74, 6) is -0.0692. The standard InChI is InChI=1S/C12H10BrN3O2.C7H9N/c13-10-7-9(6-8-4-2-1-3-5-8)11(16(17)18)12(14)15-10;8-6-7-4-2-1-3-5-7/h1-5,7H,6H2,(H2,14,15);1-5H,6,8H2. The van der Waals surface area contributed by atoms with Crippen LogP contribution in [-0.4, -0.2) is 9.91 Å². The van der Waals surface area contributed by atoms with E-state index in [-0.39, 0.29) is 11.5 Å². The summed E-state index contributed by atoms with van der Waals surface area (Å²) in [5, 5.41) is 11.0. The molecular weight excluding hydrogens is 396 g/mol. The van der Waals surface area contributed by atoms with Crippen LogP contribution in [0.4, 0.5) is 11.5 Å². The Balaban J connectivity index is 0.000000254. The van der Waals surface area contributed by atoms with Crippen LogP contribution in [0.2, 0.25) is 0 Å². The van der Waals surface area contributed by atoms with Gasteiger partial charge in [0.1, 0.15) is 4.60 Å². The van der Waals surface area contributed by atoms with E-state index in [0.29, 0.717) is 23.1 Å². The lowest BCUT2D eigenvalue weighted by Crippen LogP contribution is -2.04. The van der Waals surface area contributed by atoms with Gasteiger partial charge in [-0.3, -0.25) is 10.1 Å². The number of halogens is 1. The van der Waals surface area contributed by atoms with Crippen LogP contribution < -0.4 is 11.5 Å². The molecule has 4 N–H and O–H groups in total. The van der Waals surface area contributed by atoms with E-state index in [1.807, 2.05) is 60.7 Å². The van der Waals surface area contributed by atoms with E-state index in [0.717, 1.165) is 5.56 Å². The van der Waals surface area contributed by atoms with Crippen molar-refractivity contribution in [1.29, 1.82) is 0 Å². The molecule has 0 amide bonds. The third-order valence-electron chi connectivity index (χ3n) is 3.57. The van der Waals surface area contributed by atoms with Crippen molar-refractivity contribution in [2.45, 2.75) is 13.0 Å². The average molecular weight is 415 g/mol. The highest BCUT2D eigenvalue weighted by Gasteiger charge is 2.20. The molecule has 0 fully saturated rings. The number of pyridine rings is 1. The molecule has 26 heavy (non-hydrogen) atoms.